The smallest absolute Gasteiger partial charge is 0.125 e. The van der Waals surface area contributed by atoms with Crippen molar-refractivity contribution in [2.24, 2.45) is 0 Å². The maximum atomic E-state index is 13.4. The molecule has 0 saturated heterocycles. The Morgan fingerprint density at radius 1 is 1.33 bits per heavy atom. The van der Waals surface area contributed by atoms with Gasteiger partial charge in [0.15, 0.2) is 0 Å². The van der Waals surface area contributed by atoms with Crippen LogP contribution in [-0.2, 0) is 19.5 Å². The first-order valence-electron chi connectivity index (χ1n) is 7.39. The molecule has 0 atom stereocenters. The Morgan fingerprint density at radius 2 is 2.24 bits per heavy atom. The van der Waals surface area contributed by atoms with Gasteiger partial charge in [0.25, 0.3) is 0 Å². The molecule has 0 spiro atoms. The van der Waals surface area contributed by atoms with Gasteiger partial charge in [-0.25, -0.2) is 4.39 Å². The van der Waals surface area contributed by atoms with Crippen molar-refractivity contribution in [1.82, 2.24) is 20.3 Å². The van der Waals surface area contributed by atoms with Gasteiger partial charge in [-0.2, -0.15) is 0 Å². The van der Waals surface area contributed by atoms with E-state index in [0.29, 0.717) is 0 Å². The van der Waals surface area contributed by atoms with Gasteiger partial charge in [0.05, 0.1) is 12.2 Å². The minimum absolute atomic E-state index is 0.172. The summed E-state index contributed by atoms with van der Waals surface area (Å²) in [4.78, 5) is 2.21. The maximum absolute atomic E-state index is 13.4. The normalized spacial score (nSPS) is 13.7. The topological polar surface area (TPSA) is 46.0 Å². The van der Waals surface area contributed by atoms with Crippen LogP contribution in [0.5, 0.6) is 0 Å². The molecule has 2 heterocycles. The molecule has 1 N–H and O–H groups in total. The summed E-state index contributed by atoms with van der Waals surface area (Å²) in [5.74, 6) is -0.172. The molecule has 5 nitrogen and oxygen atoms in total. The fourth-order valence-corrected chi connectivity index (χ4v) is 2.66. The molecule has 0 aliphatic carbocycles. The fourth-order valence-electron chi connectivity index (χ4n) is 2.66. The lowest BCUT2D eigenvalue weighted by molar-refractivity contribution is 0.579. The molecule has 1 aromatic carbocycles. The highest BCUT2D eigenvalue weighted by atomic mass is 19.1. The summed E-state index contributed by atoms with van der Waals surface area (Å²) in [6.07, 6.45) is 2.95. The standard InChI is InChI=1S/C15H20FN5/c1-2-17-10-14-11-21(19-18-14)8-7-20-6-5-12-3-4-13(16)9-15(12)20/h3-4,9,11,17H,2,5-8,10H2,1H3. The maximum Gasteiger partial charge on any atom is 0.125 e. The van der Waals surface area contributed by atoms with Crippen molar-refractivity contribution >= 4 is 5.69 Å². The van der Waals surface area contributed by atoms with Crippen LogP contribution >= 0.6 is 0 Å². The molecule has 1 aliphatic heterocycles. The van der Waals surface area contributed by atoms with E-state index >= 15 is 0 Å². The predicted octanol–water partition coefficient (Wildman–Crippen LogP) is 1.59. The zero-order valence-electron chi connectivity index (χ0n) is 12.2. The first kappa shape index (κ1) is 14.0. The number of nitrogens with one attached hydrogen (secondary N) is 1. The van der Waals surface area contributed by atoms with Gasteiger partial charge < -0.3 is 10.2 Å². The Bertz CT molecular complexity index is 610. The molecule has 0 bridgehead atoms. The third kappa shape index (κ3) is 3.21. The average molecular weight is 289 g/mol. The zero-order chi connectivity index (χ0) is 14.7. The van der Waals surface area contributed by atoms with Crippen molar-refractivity contribution < 1.29 is 4.39 Å². The molecular weight excluding hydrogens is 269 g/mol. The average Bonchev–Trinajstić information content (AvgIpc) is 3.09. The minimum Gasteiger partial charge on any atom is -0.369 e. The minimum atomic E-state index is -0.172. The number of halogens is 1. The largest absolute Gasteiger partial charge is 0.369 e. The number of benzene rings is 1. The third-order valence-corrected chi connectivity index (χ3v) is 3.78. The van der Waals surface area contributed by atoms with E-state index in [9.17, 15) is 4.39 Å². The number of rotatable bonds is 6. The molecule has 3 rings (SSSR count). The summed E-state index contributed by atoms with van der Waals surface area (Å²) < 4.78 is 15.2. The Labute approximate surface area is 123 Å². The zero-order valence-corrected chi connectivity index (χ0v) is 12.2. The van der Waals surface area contributed by atoms with Crippen LogP contribution in [0, 0.1) is 5.82 Å². The van der Waals surface area contributed by atoms with E-state index in [1.807, 2.05) is 16.9 Å². The quantitative estimate of drug-likeness (QED) is 0.877. The summed E-state index contributed by atoms with van der Waals surface area (Å²) >= 11 is 0. The van der Waals surface area contributed by atoms with Crippen LogP contribution in [0.1, 0.15) is 18.2 Å². The molecule has 21 heavy (non-hydrogen) atoms. The Morgan fingerprint density at radius 3 is 3.10 bits per heavy atom. The molecule has 0 radical (unpaired) electrons. The molecule has 0 saturated carbocycles. The second kappa shape index (κ2) is 6.22. The molecule has 0 unspecified atom stereocenters. The third-order valence-electron chi connectivity index (χ3n) is 3.78. The summed E-state index contributed by atoms with van der Waals surface area (Å²) in [5.41, 5.74) is 3.19. The van der Waals surface area contributed by atoms with E-state index < -0.39 is 0 Å². The fraction of sp³-hybridized carbons (Fsp3) is 0.467. The van der Waals surface area contributed by atoms with Crippen molar-refractivity contribution in [3.63, 3.8) is 0 Å². The molecule has 1 aromatic heterocycles. The van der Waals surface area contributed by atoms with Crippen molar-refractivity contribution in [3.05, 3.63) is 41.5 Å². The van der Waals surface area contributed by atoms with E-state index in [0.717, 1.165) is 50.5 Å². The van der Waals surface area contributed by atoms with Gasteiger partial charge >= 0.3 is 0 Å². The second-order valence-corrected chi connectivity index (χ2v) is 5.26. The van der Waals surface area contributed by atoms with Crippen LogP contribution in [0.3, 0.4) is 0 Å². The molecule has 2 aromatic rings. The van der Waals surface area contributed by atoms with Crippen LogP contribution in [0.25, 0.3) is 0 Å². The summed E-state index contributed by atoms with van der Waals surface area (Å²) in [6, 6.07) is 5.04. The van der Waals surface area contributed by atoms with Gasteiger partial charge in [-0.05, 0) is 30.7 Å². The van der Waals surface area contributed by atoms with E-state index in [-0.39, 0.29) is 5.82 Å². The van der Waals surface area contributed by atoms with E-state index in [1.54, 1.807) is 6.07 Å². The molecular formula is C15H20FN5. The summed E-state index contributed by atoms with van der Waals surface area (Å²) in [5, 5.41) is 11.5. The molecule has 112 valence electrons. The Hall–Kier alpha value is -1.95. The van der Waals surface area contributed by atoms with Gasteiger partial charge in [0, 0.05) is 31.5 Å². The van der Waals surface area contributed by atoms with Gasteiger partial charge in [-0.15, -0.1) is 5.10 Å². The highest BCUT2D eigenvalue weighted by molar-refractivity contribution is 5.58. The van der Waals surface area contributed by atoms with Gasteiger partial charge in [-0.3, -0.25) is 4.68 Å². The molecule has 1 aliphatic rings. The Kier molecular flexibility index (Phi) is 4.15. The van der Waals surface area contributed by atoms with Gasteiger partial charge in [0.2, 0.25) is 0 Å². The second-order valence-electron chi connectivity index (χ2n) is 5.26. The number of fused-ring (bicyclic) bond motifs is 1. The monoisotopic (exact) mass is 289 g/mol. The first-order valence-corrected chi connectivity index (χ1v) is 7.39. The van der Waals surface area contributed by atoms with E-state index in [4.69, 9.17) is 0 Å². The molecule has 6 heteroatoms. The van der Waals surface area contributed by atoms with Crippen molar-refractivity contribution in [3.8, 4) is 0 Å². The van der Waals surface area contributed by atoms with Crippen LogP contribution in [0.2, 0.25) is 0 Å². The highest BCUT2D eigenvalue weighted by Crippen LogP contribution is 2.28. The van der Waals surface area contributed by atoms with Crippen molar-refractivity contribution in [1.29, 1.82) is 0 Å². The number of anilines is 1. The van der Waals surface area contributed by atoms with E-state index in [2.05, 4.69) is 27.5 Å². The summed E-state index contributed by atoms with van der Waals surface area (Å²) in [6.45, 7) is 6.25. The number of hydrogen-bond acceptors (Lipinski definition) is 4. The number of hydrogen-bond donors (Lipinski definition) is 1. The SMILES string of the molecule is CCNCc1cn(CCN2CCc3ccc(F)cc32)nn1. The van der Waals surface area contributed by atoms with Crippen molar-refractivity contribution in [2.45, 2.75) is 26.4 Å². The van der Waals surface area contributed by atoms with Crippen LogP contribution in [0.15, 0.2) is 24.4 Å². The van der Waals surface area contributed by atoms with E-state index in [1.165, 1.54) is 11.6 Å². The lowest BCUT2D eigenvalue weighted by Crippen LogP contribution is -2.25. The van der Waals surface area contributed by atoms with Gasteiger partial charge in [-0.1, -0.05) is 18.2 Å². The highest BCUT2D eigenvalue weighted by Gasteiger charge is 2.19. The van der Waals surface area contributed by atoms with Crippen molar-refractivity contribution in [2.75, 3.05) is 24.5 Å². The molecule has 0 fully saturated rings. The van der Waals surface area contributed by atoms with Gasteiger partial charge in [0.1, 0.15) is 5.82 Å². The first-order chi connectivity index (χ1) is 10.3. The number of nitrogens with zero attached hydrogens (tertiary/aromatic N) is 4. The predicted molar refractivity (Wildman–Crippen MR) is 79.7 cm³/mol. The van der Waals surface area contributed by atoms with Crippen LogP contribution in [-0.4, -0.2) is 34.6 Å². The summed E-state index contributed by atoms with van der Waals surface area (Å²) in [7, 11) is 0. The van der Waals surface area contributed by atoms with Crippen LogP contribution in [0.4, 0.5) is 10.1 Å². The molecule has 0 amide bonds. The number of aromatic nitrogens is 3. The van der Waals surface area contributed by atoms with Crippen LogP contribution < -0.4 is 10.2 Å². The lowest BCUT2D eigenvalue weighted by Gasteiger charge is -2.19. The Balaban J connectivity index is 1.59. The lowest BCUT2D eigenvalue weighted by atomic mass is 10.2.